The average Bonchev–Trinajstić information content (AvgIpc) is 3.27. The minimum absolute atomic E-state index is 0.0783. The number of carbonyl (C=O) groups excluding carboxylic acids is 1. The standard InChI is InChI=1S/C21H20N4O2S/c1-13-16(11-12-27-13)19-23-24-21(25(19)3)28-14(2)20(26)22-18-10-6-8-15-7-4-5-9-17(15)18/h4-12,14H,1-3H3,(H,22,26)/t14-/m1/s1. The third-order valence-electron chi connectivity index (χ3n) is 4.63. The lowest BCUT2D eigenvalue weighted by atomic mass is 10.1. The molecule has 2 aromatic carbocycles. The minimum atomic E-state index is -0.333. The van der Waals surface area contributed by atoms with Crippen molar-refractivity contribution in [1.29, 1.82) is 0 Å². The Kier molecular flexibility index (Phi) is 4.92. The Bertz CT molecular complexity index is 1140. The normalized spacial score (nSPS) is 12.2. The number of benzene rings is 2. The molecule has 7 heteroatoms. The van der Waals surface area contributed by atoms with Gasteiger partial charge in [-0.15, -0.1) is 10.2 Å². The molecule has 0 aliphatic carbocycles. The second kappa shape index (κ2) is 7.52. The van der Waals surface area contributed by atoms with Crippen LogP contribution in [-0.4, -0.2) is 25.9 Å². The summed E-state index contributed by atoms with van der Waals surface area (Å²) in [5, 5.41) is 14.0. The van der Waals surface area contributed by atoms with Crippen LogP contribution in [0.15, 0.2) is 64.4 Å². The number of aromatic nitrogens is 3. The first-order valence-corrected chi connectivity index (χ1v) is 9.81. The van der Waals surface area contributed by atoms with E-state index in [1.807, 2.05) is 74.0 Å². The molecule has 0 saturated carbocycles. The Morgan fingerprint density at radius 2 is 1.93 bits per heavy atom. The van der Waals surface area contributed by atoms with Crippen LogP contribution in [0.25, 0.3) is 22.2 Å². The van der Waals surface area contributed by atoms with Gasteiger partial charge < -0.3 is 14.3 Å². The first kappa shape index (κ1) is 18.3. The van der Waals surface area contributed by atoms with Crippen molar-refractivity contribution in [2.75, 3.05) is 5.32 Å². The molecule has 1 atom stereocenters. The van der Waals surface area contributed by atoms with Crippen molar-refractivity contribution in [2.24, 2.45) is 7.05 Å². The number of carbonyl (C=O) groups is 1. The smallest absolute Gasteiger partial charge is 0.237 e. The monoisotopic (exact) mass is 392 g/mol. The molecule has 1 N–H and O–H groups in total. The van der Waals surface area contributed by atoms with Crippen molar-refractivity contribution in [3.8, 4) is 11.4 Å². The SMILES string of the molecule is Cc1occc1-c1nnc(S[C@H](C)C(=O)Nc2cccc3ccccc23)n1C. The maximum absolute atomic E-state index is 12.8. The fraction of sp³-hybridized carbons (Fsp3) is 0.190. The van der Waals surface area contributed by atoms with Gasteiger partial charge in [0.15, 0.2) is 11.0 Å². The highest BCUT2D eigenvalue weighted by Gasteiger charge is 2.21. The fourth-order valence-electron chi connectivity index (χ4n) is 3.05. The lowest BCUT2D eigenvalue weighted by Crippen LogP contribution is -2.23. The van der Waals surface area contributed by atoms with Gasteiger partial charge in [0, 0.05) is 18.1 Å². The van der Waals surface area contributed by atoms with Gasteiger partial charge in [-0.2, -0.15) is 0 Å². The Balaban J connectivity index is 1.51. The van der Waals surface area contributed by atoms with E-state index in [4.69, 9.17) is 4.42 Å². The van der Waals surface area contributed by atoms with Gasteiger partial charge in [0.2, 0.25) is 5.91 Å². The maximum Gasteiger partial charge on any atom is 0.237 e. The molecular formula is C21H20N4O2S. The Labute approximate surface area is 167 Å². The molecule has 0 unspecified atom stereocenters. The van der Waals surface area contributed by atoms with Crippen LogP contribution in [0.1, 0.15) is 12.7 Å². The van der Waals surface area contributed by atoms with E-state index in [2.05, 4.69) is 15.5 Å². The zero-order valence-electron chi connectivity index (χ0n) is 15.8. The molecule has 0 aliphatic heterocycles. The lowest BCUT2D eigenvalue weighted by molar-refractivity contribution is -0.115. The number of nitrogens with one attached hydrogen (secondary N) is 1. The van der Waals surface area contributed by atoms with Crippen molar-refractivity contribution in [2.45, 2.75) is 24.3 Å². The van der Waals surface area contributed by atoms with Crippen LogP contribution in [0.2, 0.25) is 0 Å². The van der Waals surface area contributed by atoms with E-state index < -0.39 is 0 Å². The van der Waals surface area contributed by atoms with Crippen LogP contribution in [0.4, 0.5) is 5.69 Å². The summed E-state index contributed by atoms with van der Waals surface area (Å²) in [5.41, 5.74) is 1.71. The Morgan fingerprint density at radius 3 is 2.71 bits per heavy atom. The molecule has 0 spiro atoms. The van der Waals surface area contributed by atoms with E-state index >= 15 is 0 Å². The summed E-state index contributed by atoms with van der Waals surface area (Å²) in [5.74, 6) is 1.43. The largest absolute Gasteiger partial charge is 0.469 e. The van der Waals surface area contributed by atoms with E-state index in [1.165, 1.54) is 11.8 Å². The molecule has 6 nitrogen and oxygen atoms in total. The number of hydrogen-bond donors (Lipinski definition) is 1. The van der Waals surface area contributed by atoms with Crippen molar-refractivity contribution in [1.82, 2.24) is 14.8 Å². The molecule has 4 aromatic rings. The molecule has 0 radical (unpaired) electrons. The molecule has 0 saturated heterocycles. The summed E-state index contributed by atoms with van der Waals surface area (Å²) >= 11 is 1.37. The fourth-order valence-corrected chi connectivity index (χ4v) is 3.86. The number of hydrogen-bond acceptors (Lipinski definition) is 5. The summed E-state index contributed by atoms with van der Waals surface area (Å²) in [4.78, 5) is 12.8. The first-order valence-electron chi connectivity index (χ1n) is 8.93. The van der Waals surface area contributed by atoms with E-state index in [9.17, 15) is 4.79 Å². The molecule has 2 heterocycles. The van der Waals surface area contributed by atoms with Crippen molar-refractivity contribution in [3.05, 3.63) is 60.6 Å². The van der Waals surface area contributed by atoms with E-state index in [1.54, 1.807) is 6.26 Å². The van der Waals surface area contributed by atoms with Crippen molar-refractivity contribution in [3.63, 3.8) is 0 Å². The number of nitrogens with zero attached hydrogens (tertiary/aromatic N) is 3. The summed E-state index contributed by atoms with van der Waals surface area (Å²) in [7, 11) is 1.89. The molecule has 1 amide bonds. The highest BCUT2D eigenvalue weighted by molar-refractivity contribution is 8.00. The predicted octanol–water partition coefficient (Wildman–Crippen LogP) is 4.66. The van der Waals surface area contributed by atoms with Gasteiger partial charge in [-0.1, -0.05) is 48.2 Å². The number of amides is 1. The van der Waals surface area contributed by atoms with Crippen LogP contribution in [0.3, 0.4) is 0 Å². The van der Waals surface area contributed by atoms with Gasteiger partial charge in [-0.25, -0.2) is 0 Å². The maximum atomic E-state index is 12.8. The minimum Gasteiger partial charge on any atom is -0.469 e. The highest BCUT2D eigenvalue weighted by atomic mass is 32.2. The van der Waals surface area contributed by atoms with Gasteiger partial charge in [0.1, 0.15) is 5.76 Å². The first-order chi connectivity index (χ1) is 13.5. The third kappa shape index (κ3) is 3.41. The topological polar surface area (TPSA) is 72.9 Å². The Hall–Kier alpha value is -3.06. The summed E-state index contributed by atoms with van der Waals surface area (Å²) in [6.07, 6.45) is 1.63. The van der Waals surface area contributed by atoms with Crippen molar-refractivity contribution >= 4 is 34.1 Å². The molecule has 0 bridgehead atoms. The number of anilines is 1. The van der Waals surface area contributed by atoms with Gasteiger partial charge in [0.05, 0.1) is 17.1 Å². The number of aryl methyl sites for hydroxylation is 1. The van der Waals surface area contributed by atoms with E-state index in [0.29, 0.717) is 5.16 Å². The van der Waals surface area contributed by atoms with E-state index in [0.717, 1.165) is 33.6 Å². The molecule has 4 rings (SSSR count). The van der Waals surface area contributed by atoms with Gasteiger partial charge in [0.25, 0.3) is 0 Å². The molecular weight excluding hydrogens is 372 g/mol. The van der Waals surface area contributed by atoms with Crippen LogP contribution in [-0.2, 0) is 11.8 Å². The average molecular weight is 392 g/mol. The van der Waals surface area contributed by atoms with E-state index in [-0.39, 0.29) is 11.2 Å². The Morgan fingerprint density at radius 1 is 1.14 bits per heavy atom. The molecule has 142 valence electrons. The predicted molar refractivity (Wildman–Crippen MR) is 111 cm³/mol. The lowest BCUT2D eigenvalue weighted by Gasteiger charge is -2.13. The van der Waals surface area contributed by atoms with Crippen LogP contribution >= 0.6 is 11.8 Å². The highest BCUT2D eigenvalue weighted by Crippen LogP contribution is 2.29. The number of furan rings is 1. The number of fused-ring (bicyclic) bond motifs is 1. The second-order valence-electron chi connectivity index (χ2n) is 6.53. The van der Waals surface area contributed by atoms with Crippen LogP contribution in [0, 0.1) is 6.92 Å². The molecule has 28 heavy (non-hydrogen) atoms. The summed E-state index contributed by atoms with van der Waals surface area (Å²) in [6, 6.07) is 15.7. The zero-order chi connectivity index (χ0) is 19.7. The quantitative estimate of drug-likeness (QED) is 0.500. The van der Waals surface area contributed by atoms with Crippen LogP contribution < -0.4 is 5.32 Å². The molecule has 0 aliphatic rings. The van der Waals surface area contributed by atoms with Crippen LogP contribution in [0.5, 0.6) is 0 Å². The molecule has 0 fully saturated rings. The van der Waals surface area contributed by atoms with Gasteiger partial charge >= 0.3 is 0 Å². The summed E-state index contributed by atoms with van der Waals surface area (Å²) in [6.45, 7) is 3.75. The zero-order valence-corrected chi connectivity index (χ0v) is 16.7. The summed E-state index contributed by atoms with van der Waals surface area (Å²) < 4.78 is 7.23. The second-order valence-corrected chi connectivity index (χ2v) is 7.84. The van der Waals surface area contributed by atoms with Crippen molar-refractivity contribution < 1.29 is 9.21 Å². The third-order valence-corrected chi connectivity index (χ3v) is 5.77. The number of rotatable bonds is 5. The van der Waals surface area contributed by atoms with Gasteiger partial charge in [-0.3, -0.25) is 4.79 Å². The van der Waals surface area contributed by atoms with Gasteiger partial charge in [-0.05, 0) is 31.4 Å². The number of thioether (sulfide) groups is 1. The molecule has 2 aromatic heterocycles.